The van der Waals surface area contributed by atoms with E-state index in [1.165, 1.54) is 18.4 Å². The van der Waals surface area contributed by atoms with Crippen molar-refractivity contribution in [1.82, 2.24) is 15.3 Å². The van der Waals surface area contributed by atoms with Crippen molar-refractivity contribution in [2.45, 2.75) is 31.1 Å². The molecule has 3 fully saturated rings. The highest BCUT2D eigenvalue weighted by atomic mass is 19.3. The SMILES string of the molecule is FC1(F)CCN(c2cc(N3CCNCC3)cc(Nc3ccc(C4CC4)cn3)n2)C1. The Bertz CT molecular complexity index is 862. The van der Waals surface area contributed by atoms with E-state index >= 15 is 0 Å². The zero-order valence-electron chi connectivity index (χ0n) is 16.4. The van der Waals surface area contributed by atoms with Gasteiger partial charge < -0.3 is 20.4 Å². The van der Waals surface area contributed by atoms with Gasteiger partial charge in [0.2, 0.25) is 0 Å². The Morgan fingerprint density at radius 3 is 2.52 bits per heavy atom. The Labute approximate surface area is 169 Å². The summed E-state index contributed by atoms with van der Waals surface area (Å²) >= 11 is 0. The monoisotopic (exact) mass is 400 g/mol. The summed E-state index contributed by atoms with van der Waals surface area (Å²) in [4.78, 5) is 13.1. The van der Waals surface area contributed by atoms with Crippen molar-refractivity contribution >= 4 is 23.1 Å². The van der Waals surface area contributed by atoms with Gasteiger partial charge in [-0.1, -0.05) is 6.07 Å². The van der Waals surface area contributed by atoms with Gasteiger partial charge in [-0.15, -0.1) is 0 Å². The van der Waals surface area contributed by atoms with E-state index in [0.717, 1.165) is 37.7 Å². The summed E-state index contributed by atoms with van der Waals surface area (Å²) in [5.41, 5.74) is 2.28. The van der Waals surface area contributed by atoms with Gasteiger partial charge in [0.05, 0.1) is 6.54 Å². The smallest absolute Gasteiger partial charge is 0.266 e. The van der Waals surface area contributed by atoms with Crippen LogP contribution in [0, 0.1) is 0 Å². The molecule has 29 heavy (non-hydrogen) atoms. The topological polar surface area (TPSA) is 56.3 Å². The molecule has 0 bridgehead atoms. The summed E-state index contributed by atoms with van der Waals surface area (Å²) < 4.78 is 27.6. The van der Waals surface area contributed by atoms with Crippen LogP contribution in [0.15, 0.2) is 30.5 Å². The number of nitrogens with zero attached hydrogens (tertiary/aromatic N) is 4. The van der Waals surface area contributed by atoms with Gasteiger partial charge in [0.15, 0.2) is 0 Å². The third-order valence-corrected chi connectivity index (χ3v) is 5.86. The molecule has 0 atom stereocenters. The third-order valence-electron chi connectivity index (χ3n) is 5.86. The zero-order chi connectivity index (χ0) is 19.8. The Morgan fingerprint density at radius 1 is 1.03 bits per heavy atom. The highest BCUT2D eigenvalue weighted by Gasteiger charge is 2.39. The standard InChI is InChI=1S/C21H26F2N6/c22-21(23)5-8-29(14-21)20-12-17(28-9-6-24-7-10-28)11-19(27-20)26-18-4-3-16(13-25-18)15-1-2-15/h3-4,11-13,15,24H,1-2,5-10,14H2,(H,25,26,27). The van der Waals surface area contributed by atoms with E-state index in [1.54, 1.807) is 4.90 Å². The first kappa shape index (κ1) is 18.5. The molecule has 0 amide bonds. The van der Waals surface area contributed by atoms with E-state index in [-0.39, 0.29) is 13.0 Å². The predicted molar refractivity (Wildman–Crippen MR) is 111 cm³/mol. The zero-order valence-corrected chi connectivity index (χ0v) is 16.4. The fourth-order valence-corrected chi connectivity index (χ4v) is 4.03. The summed E-state index contributed by atoms with van der Waals surface area (Å²) in [7, 11) is 0. The van der Waals surface area contributed by atoms with Crippen molar-refractivity contribution in [2.75, 3.05) is 54.4 Å². The molecule has 5 rings (SSSR count). The van der Waals surface area contributed by atoms with E-state index in [4.69, 9.17) is 0 Å². The van der Waals surface area contributed by atoms with Crippen molar-refractivity contribution in [3.8, 4) is 0 Å². The maximum Gasteiger partial charge on any atom is 0.266 e. The highest BCUT2D eigenvalue weighted by Crippen LogP contribution is 2.40. The van der Waals surface area contributed by atoms with Gasteiger partial charge in [-0.3, -0.25) is 0 Å². The first-order chi connectivity index (χ1) is 14.1. The molecule has 0 aromatic carbocycles. The molecule has 2 aromatic rings. The molecule has 1 saturated carbocycles. The van der Waals surface area contributed by atoms with Crippen LogP contribution in [0.2, 0.25) is 0 Å². The number of pyridine rings is 2. The number of rotatable bonds is 5. The molecular weight excluding hydrogens is 374 g/mol. The number of hydrogen-bond acceptors (Lipinski definition) is 6. The molecule has 8 heteroatoms. The molecule has 2 N–H and O–H groups in total. The number of anilines is 4. The number of piperazine rings is 1. The van der Waals surface area contributed by atoms with E-state index in [9.17, 15) is 8.78 Å². The quantitative estimate of drug-likeness (QED) is 0.803. The average Bonchev–Trinajstić information content (AvgIpc) is 3.51. The van der Waals surface area contributed by atoms with E-state index < -0.39 is 5.92 Å². The van der Waals surface area contributed by atoms with Crippen LogP contribution in [-0.4, -0.2) is 55.2 Å². The average molecular weight is 400 g/mol. The van der Waals surface area contributed by atoms with Crippen LogP contribution in [0.5, 0.6) is 0 Å². The van der Waals surface area contributed by atoms with Gasteiger partial charge in [-0.2, -0.15) is 0 Å². The maximum absolute atomic E-state index is 13.8. The molecule has 1 aliphatic carbocycles. The highest BCUT2D eigenvalue weighted by molar-refractivity contribution is 5.66. The van der Waals surface area contributed by atoms with Crippen molar-refractivity contribution in [1.29, 1.82) is 0 Å². The van der Waals surface area contributed by atoms with Crippen LogP contribution in [0.1, 0.15) is 30.7 Å². The molecule has 0 unspecified atom stereocenters. The van der Waals surface area contributed by atoms with Gasteiger partial charge in [0.1, 0.15) is 17.5 Å². The molecule has 0 radical (unpaired) electrons. The van der Waals surface area contributed by atoms with Gasteiger partial charge >= 0.3 is 0 Å². The fraction of sp³-hybridized carbons (Fsp3) is 0.524. The van der Waals surface area contributed by atoms with Crippen molar-refractivity contribution < 1.29 is 8.78 Å². The van der Waals surface area contributed by atoms with Crippen LogP contribution >= 0.6 is 0 Å². The molecule has 3 aliphatic rings. The Hall–Kier alpha value is -2.48. The van der Waals surface area contributed by atoms with Crippen molar-refractivity contribution in [2.24, 2.45) is 0 Å². The molecule has 2 aromatic heterocycles. The lowest BCUT2D eigenvalue weighted by molar-refractivity contribution is 0.0256. The maximum atomic E-state index is 13.8. The van der Waals surface area contributed by atoms with Crippen LogP contribution in [0.3, 0.4) is 0 Å². The van der Waals surface area contributed by atoms with E-state index in [1.807, 2.05) is 24.4 Å². The number of hydrogen-bond donors (Lipinski definition) is 2. The lowest BCUT2D eigenvalue weighted by Gasteiger charge is -2.30. The Balaban J connectivity index is 1.42. The molecule has 0 spiro atoms. The van der Waals surface area contributed by atoms with Crippen LogP contribution in [0.4, 0.5) is 31.9 Å². The predicted octanol–water partition coefficient (Wildman–Crippen LogP) is 3.35. The second kappa shape index (κ2) is 7.40. The lowest BCUT2D eigenvalue weighted by atomic mass is 10.2. The normalized spacial score (nSPS) is 21.4. The molecule has 4 heterocycles. The molecular formula is C21H26F2N6. The Morgan fingerprint density at radius 2 is 1.86 bits per heavy atom. The number of aromatic nitrogens is 2. The van der Waals surface area contributed by atoms with Gasteiger partial charge in [-0.05, 0) is 30.4 Å². The van der Waals surface area contributed by atoms with Gasteiger partial charge in [-0.25, -0.2) is 18.7 Å². The molecule has 2 saturated heterocycles. The Kier molecular flexibility index (Phi) is 4.73. The minimum Gasteiger partial charge on any atom is -0.369 e. The minimum absolute atomic E-state index is 0.126. The fourth-order valence-electron chi connectivity index (χ4n) is 4.03. The minimum atomic E-state index is -2.65. The van der Waals surface area contributed by atoms with Crippen LogP contribution in [0.25, 0.3) is 0 Å². The third kappa shape index (κ3) is 4.27. The lowest BCUT2D eigenvalue weighted by Crippen LogP contribution is -2.43. The first-order valence-electron chi connectivity index (χ1n) is 10.4. The first-order valence-corrected chi connectivity index (χ1v) is 10.4. The number of nitrogens with one attached hydrogen (secondary N) is 2. The summed E-state index contributed by atoms with van der Waals surface area (Å²) in [6, 6.07) is 7.99. The largest absolute Gasteiger partial charge is 0.369 e. The summed E-state index contributed by atoms with van der Waals surface area (Å²) in [5, 5.41) is 6.62. The van der Waals surface area contributed by atoms with E-state index in [2.05, 4.69) is 31.6 Å². The molecule has 6 nitrogen and oxygen atoms in total. The molecule has 154 valence electrons. The number of alkyl halides is 2. The van der Waals surface area contributed by atoms with Crippen LogP contribution in [-0.2, 0) is 0 Å². The molecule has 2 aliphatic heterocycles. The van der Waals surface area contributed by atoms with Crippen LogP contribution < -0.4 is 20.4 Å². The summed E-state index contributed by atoms with van der Waals surface area (Å²) in [6.07, 6.45) is 4.28. The summed E-state index contributed by atoms with van der Waals surface area (Å²) in [6.45, 7) is 3.62. The van der Waals surface area contributed by atoms with Gasteiger partial charge in [0, 0.05) is 63.2 Å². The van der Waals surface area contributed by atoms with Crippen molar-refractivity contribution in [3.63, 3.8) is 0 Å². The van der Waals surface area contributed by atoms with Crippen molar-refractivity contribution in [3.05, 3.63) is 36.0 Å². The number of halogens is 2. The second-order valence-corrected chi connectivity index (χ2v) is 8.21. The summed E-state index contributed by atoms with van der Waals surface area (Å²) in [5.74, 6) is -0.0417. The van der Waals surface area contributed by atoms with E-state index in [0.29, 0.717) is 24.1 Å². The second-order valence-electron chi connectivity index (χ2n) is 8.21. The van der Waals surface area contributed by atoms with Gasteiger partial charge in [0.25, 0.3) is 5.92 Å².